The van der Waals surface area contributed by atoms with Crippen molar-refractivity contribution in [2.24, 2.45) is 0 Å². The van der Waals surface area contributed by atoms with Crippen LogP contribution in [0.3, 0.4) is 0 Å². The third-order valence-corrected chi connectivity index (χ3v) is 13.9. The van der Waals surface area contributed by atoms with E-state index in [-0.39, 0.29) is 36.4 Å². The van der Waals surface area contributed by atoms with Gasteiger partial charge in [-0.15, -0.1) is 0 Å². The number of carbonyl (C=O) groups excluding carboxylic acids is 4. The van der Waals surface area contributed by atoms with Gasteiger partial charge < -0.3 is 39.9 Å². The van der Waals surface area contributed by atoms with Crippen molar-refractivity contribution in [1.29, 1.82) is 0 Å². The molecular weight excluding hydrogens is 857 g/mol. The summed E-state index contributed by atoms with van der Waals surface area (Å²) in [5, 5.41) is 4.88. The van der Waals surface area contributed by atoms with Crippen molar-refractivity contribution in [2.75, 3.05) is 46.9 Å². The van der Waals surface area contributed by atoms with Gasteiger partial charge in [-0.05, 0) is 133 Å². The summed E-state index contributed by atoms with van der Waals surface area (Å²) < 4.78 is 8.98. The first kappa shape index (κ1) is 49.7. The van der Waals surface area contributed by atoms with Crippen molar-refractivity contribution in [3.05, 3.63) is 83.1 Å². The normalized spacial score (nSPS) is 17.3. The molecule has 10 rings (SSSR count). The fraction of sp³-hybridized carbons (Fsp3) is 0.519. The lowest BCUT2D eigenvalue weighted by atomic mass is 9.76. The molecule has 3 fully saturated rings. The predicted molar refractivity (Wildman–Crippen MR) is 267 cm³/mol. The number of aromatic amines is 2. The molecule has 2 aromatic heterocycles. The van der Waals surface area contributed by atoms with E-state index < -0.39 is 12.2 Å². The van der Waals surface area contributed by atoms with Gasteiger partial charge in [0.2, 0.25) is 11.8 Å². The molecule has 1 spiro atoms. The van der Waals surface area contributed by atoms with Crippen molar-refractivity contribution in [3.8, 4) is 33.5 Å². The number of rotatable bonds is 8. The smallest absolute Gasteiger partial charge is 0.407 e. The average molecular weight is 929 g/mol. The summed E-state index contributed by atoms with van der Waals surface area (Å²) in [7, 11) is 2.57. The van der Waals surface area contributed by atoms with Crippen molar-refractivity contribution in [1.82, 2.24) is 40.4 Å². The molecule has 4 heterocycles. The van der Waals surface area contributed by atoms with Crippen LogP contribution in [0.25, 0.3) is 44.5 Å². The van der Waals surface area contributed by atoms with Gasteiger partial charge in [-0.25, -0.2) is 19.6 Å². The SMILES string of the molecule is CCC.CCC.COC(=O)NCC(=O)N1CCCC1.COC(=O)NCC(=O)N1CCCC1c1nc2ccc(-c3ccc(-c4ccc(-c5cnc[nH]5)c5c4CCC5)c4c3C3(CCCC3)CC4)cc2[nH]1. The number of amides is 4. The first-order valence-electron chi connectivity index (χ1n) is 25.1. The largest absolute Gasteiger partial charge is 0.453 e. The lowest BCUT2D eigenvalue weighted by Gasteiger charge is -2.28. The van der Waals surface area contributed by atoms with Crippen LogP contribution in [-0.2, 0) is 43.7 Å². The monoisotopic (exact) mass is 929 g/mol. The van der Waals surface area contributed by atoms with Gasteiger partial charge in [0.1, 0.15) is 18.9 Å². The number of carbonyl (C=O) groups is 4. The van der Waals surface area contributed by atoms with E-state index in [9.17, 15) is 19.2 Å². The molecule has 4 amide bonds. The molecule has 3 aliphatic carbocycles. The molecule has 3 aromatic carbocycles. The van der Waals surface area contributed by atoms with Gasteiger partial charge in [-0.2, -0.15) is 0 Å². The molecule has 14 heteroatoms. The summed E-state index contributed by atoms with van der Waals surface area (Å²) in [6.45, 7) is 10.7. The zero-order valence-corrected chi connectivity index (χ0v) is 41.2. The number of hydrogen-bond donors (Lipinski definition) is 4. The first-order valence-corrected chi connectivity index (χ1v) is 25.1. The number of H-pyrrole nitrogens is 2. The van der Waals surface area contributed by atoms with Crippen molar-refractivity contribution >= 4 is 35.0 Å². The Bertz CT molecular complexity index is 2520. The number of nitrogens with one attached hydrogen (secondary N) is 4. The van der Waals surface area contributed by atoms with E-state index in [1.807, 2.05) is 11.1 Å². The second-order valence-electron chi connectivity index (χ2n) is 18.7. The standard InChI is InChI=1S/C40H42N6O3.C8H14N2O3.2C3H8/c1-49-39(48)42-22-36(47)46-19-5-8-35(46)38-44-32-14-9-24(20-33(32)45-38)25-10-11-29(31-15-18-40(37(25)31)16-2-3-17-40)28-12-13-30(34-21-41-23-43-34)27-7-4-6-26(27)28;1-13-8(12)9-6-7(11)10-4-2-3-5-10;2*1-3-2/h9-14,20-21,23,35H,2-8,15-19,22H2,1H3,(H,41,43)(H,42,48)(H,44,45);2-6H2,1H3,(H,9,12);2*3H2,1-2H3. The van der Waals surface area contributed by atoms with Crippen LogP contribution < -0.4 is 10.6 Å². The first-order chi connectivity index (χ1) is 33.1. The fourth-order valence-corrected chi connectivity index (χ4v) is 11.0. The van der Waals surface area contributed by atoms with Gasteiger partial charge in [-0.1, -0.05) is 83.7 Å². The Morgan fingerprint density at radius 3 is 1.97 bits per heavy atom. The van der Waals surface area contributed by atoms with E-state index in [4.69, 9.17) is 4.98 Å². The maximum atomic E-state index is 13.0. The summed E-state index contributed by atoms with van der Waals surface area (Å²) in [6, 6.07) is 16.0. The second kappa shape index (κ2) is 23.2. The van der Waals surface area contributed by atoms with Gasteiger partial charge in [0.05, 0.1) is 49.5 Å². The molecule has 364 valence electrons. The lowest BCUT2D eigenvalue weighted by molar-refractivity contribution is -0.131. The number of fused-ring (bicyclic) bond motifs is 4. The fourth-order valence-electron chi connectivity index (χ4n) is 11.0. The van der Waals surface area contributed by atoms with Gasteiger partial charge in [0.25, 0.3) is 0 Å². The Morgan fingerprint density at radius 2 is 1.32 bits per heavy atom. The van der Waals surface area contributed by atoms with Gasteiger partial charge in [0, 0.05) is 25.2 Å². The predicted octanol–water partition coefficient (Wildman–Crippen LogP) is 10.4. The number of nitrogens with zero attached hydrogens (tertiary/aromatic N) is 4. The number of likely N-dealkylation sites (tertiary alicyclic amines) is 2. The Labute approximate surface area is 401 Å². The van der Waals surface area contributed by atoms with Crippen molar-refractivity contribution in [2.45, 2.75) is 135 Å². The molecule has 2 aliphatic heterocycles. The maximum absolute atomic E-state index is 13.0. The van der Waals surface area contributed by atoms with Crippen LogP contribution in [0.4, 0.5) is 9.59 Å². The summed E-state index contributed by atoms with van der Waals surface area (Å²) in [4.78, 5) is 66.3. The molecule has 5 aliphatic rings. The number of benzene rings is 3. The van der Waals surface area contributed by atoms with Crippen LogP contribution in [0, 0.1) is 0 Å². The van der Waals surface area contributed by atoms with Crippen molar-refractivity contribution < 1.29 is 28.7 Å². The Hall–Kier alpha value is -6.18. The van der Waals surface area contributed by atoms with Gasteiger partial charge in [-0.3, -0.25) is 9.59 Å². The van der Waals surface area contributed by atoms with Crippen molar-refractivity contribution in [3.63, 3.8) is 0 Å². The highest BCUT2D eigenvalue weighted by atomic mass is 16.5. The van der Waals surface area contributed by atoms with Crippen LogP contribution >= 0.6 is 0 Å². The van der Waals surface area contributed by atoms with E-state index in [0.717, 1.165) is 80.6 Å². The minimum Gasteiger partial charge on any atom is -0.453 e. The average Bonchev–Trinajstić information content (AvgIpc) is 4.22. The third kappa shape index (κ3) is 10.9. The van der Waals surface area contributed by atoms with Crippen LogP contribution in [0.2, 0.25) is 0 Å². The van der Waals surface area contributed by atoms with Crippen LogP contribution in [0.1, 0.15) is 139 Å². The number of hydrogen-bond acceptors (Lipinski definition) is 8. The van der Waals surface area contributed by atoms with E-state index >= 15 is 0 Å². The molecule has 1 unspecified atom stereocenters. The van der Waals surface area contributed by atoms with Crippen LogP contribution in [0.5, 0.6) is 0 Å². The highest BCUT2D eigenvalue weighted by molar-refractivity contribution is 5.88. The zero-order chi connectivity index (χ0) is 48.2. The summed E-state index contributed by atoms with van der Waals surface area (Å²) >= 11 is 0. The molecule has 1 saturated carbocycles. The van der Waals surface area contributed by atoms with Gasteiger partial charge in [0.15, 0.2) is 0 Å². The van der Waals surface area contributed by atoms with Crippen LogP contribution in [-0.4, -0.2) is 101 Å². The third-order valence-electron chi connectivity index (χ3n) is 13.9. The second-order valence-corrected chi connectivity index (χ2v) is 18.7. The molecule has 2 saturated heterocycles. The highest BCUT2D eigenvalue weighted by Crippen LogP contribution is 2.56. The summed E-state index contributed by atoms with van der Waals surface area (Å²) in [5.41, 5.74) is 16.1. The van der Waals surface area contributed by atoms with E-state index in [2.05, 4.69) is 105 Å². The molecule has 0 radical (unpaired) electrons. The molecule has 1 atom stereocenters. The molecule has 0 bridgehead atoms. The quantitative estimate of drug-likeness (QED) is 0.119. The number of methoxy groups -OCH3 is 2. The Kier molecular flexibility index (Phi) is 17.0. The highest BCUT2D eigenvalue weighted by Gasteiger charge is 2.44. The van der Waals surface area contributed by atoms with E-state index in [1.54, 1.807) is 22.4 Å². The topological polar surface area (TPSA) is 175 Å². The minimum absolute atomic E-state index is 0.0344. The van der Waals surface area contributed by atoms with Crippen LogP contribution in [0.15, 0.2) is 55.0 Å². The van der Waals surface area contributed by atoms with E-state index in [1.165, 1.54) is 105 Å². The molecule has 14 nitrogen and oxygen atoms in total. The molecule has 5 aromatic rings. The summed E-state index contributed by atoms with van der Waals surface area (Å²) in [5.74, 6) is 0.632. The maximum Gasteiger partial charge on any atom is 0.407 e. The molecule has 4 N–H and O–H groups in total. The molecular formula is C54H72N8O6. The number of ether oxygens (including phenoxy) is 2. The molecule has 68 heavy (non-hydrogen) atoms. The number of imidazole rings is 2. The lowest BCUT2D eigenvalue weighted by Crippen LogP contribution is -2.40. The van der Waals surface area contributed by atoms with Gasteiger partial charge >= 0.3 is 12.2 Å². The summed E-state index contributed by atoms with van der Waals surface area (Å²) in [6.07, 6.45) is 19.8. The minimum atomic E-state index is -0.605. The van der Waals surface area contributed by atoms with E-state index in [0.29, 0.717) is 6.54 Å². The number of alkyl carbamates (subject to hydrolysis) is 2. The Morgan fingerprint density at radius 1 is 0.706 bits per heavy atom. The zero-order valence-electron chi connectivity index (χ0n) is 41.2. The Balaban J connectivity index is 0.000000305. The number of aromatic nitrogens is 4.